The summed E-state index contributed by atoms with van der Waals surface area (Å²) in [5, 5.41) is 2.77. The van der Waals surface area contributed by atoms with E-state index in [0.29, 0.717) is 27.9 Å². The standard InChI is InChI=1S/C17H20N4O2S/c1-11-6-9-21(10-7-11)17(23)16-15(19-12(2)22)14(20-24-16)13-5-3-4-8-18-13/h3-5,8,11H,6-7,9-10H2,1-2H3,(H,19,22). The van der Waals surface area contributed by atoms with Crippen molar-refractivity contribution in [1.82, 2.24) is 14.3 Å². The van der Waals surface area contributed by atoms with Crippen molar-refractivity contribution in [2.45, 2.75) is 26.7 Å². The molecule has 1 saturated heterocycles. The van der Waals surface area contributed by atoms with Crippen LogP contribution in [-0.4, -0.2) is 39.2 Å². The Morgan fingerprint density at radius 1 is 1.29 bits per heavy atom. The molecular weight excluding hydrogens is 324 g/mol. The largest absolute Gasteiger partial charge is 0.338 e. The Kier molecular flexibility index (Phi) is 4.89. The summed E-state index contributed by atoms with van der Waals surface area (Å²) in [4.78, 5) is 31.1. The Hall–Kier alpha value is -2.28. The van der Waals surface area contributed by atoms with Gasteiger partial charge in [-0.25, -0.2) is 0 Å². The van der Waals surface area contributed by atoms with Gasteiger partial charge in [0, 0.05) is 26.2 Å². The number of aromatic nitrogens is 2. The van der Waals surface area contributed by atoms with Crippen molar-refractivity contribution in [2.75, 3.05) is 18.4 Å². The van der Waals surface area contributed by atoms with Gasteiger partial charge in [-0.15, -0.1) is 0 Å². The minimum absolute atomic E-state index is 0.0645. The van der Waals surface area contributed by atoms with Gasteiger partial charge in [-0.1, -0.05) is 13.0 Å². The SMILES string of the molecule is CC(=O)Nc1c(-c2ccccn2)nsc1C(=O)N1CCC(C)CC1. The third-order valence-electron chi connectivity index (χ3n) is 4.17. The first kappa shape index (κ1) is 16.6. The lowest BCUT2D eigenvalue weighted by Gasteiger charge is -2.30. The fourth-order valence-electron chi connectivity index (χ4n) is 2.76. The molecule has 0 aliphatic carbocycles. The van der Waals surface area contributed by atoms with E-state index in [1.807, 2.05) is 23.1 Å². The van der Waals surface area contributed by atoms with Crippen LogP contribution in [0, 0.1) is 5.92 Å². The zero-order chi connectivity index (χ0) is 17.1. The van der Waals surface area contributed by atoms with Gasteiger partial charge in [0.2, 0.25) is 5.91 Å². The quantitative estimate of drug-likeness (QED) is 0.928. The molecule has 2 aromatic heterocycles. The van der Waals surface area contributed by atoms with Gasteiger partial charge in [-0.05, 0) is 42.4 Å². The van der Waals surface area contributed by atoms with E-state index < -0.39 is 0 Å². The van der Waals surface area contributed by atoms with Crippen LogP contribution in [0.5, 0.6) is 0 Å². The van der Waals surface area contributed by atoms with Crippen LogP contribution in [-0.2, 0) is 4.79 Å². The second kappa shape index (κ2) is 7.09. The summed E-state index contributed by atoms with van der Waals surface area (Å²) in [7, 11) is 0. The van der Waals surface area contributed by atoms with E-state index in [9.17, 15) is 9.59 Å². The van der Waals surface area contributed by atoms with Gasteiger partial charge in [0.1, 0.15) is 10.6 Å². The van der Waals surface area contributed by atoms with Gasteiger partial charge >= 0.3 is 0 Å². The molecule has 24 heavy (non-hydrogen) atoms. The lowest BCUT2D eigenvalue weighted by Crippen LogP contribution is -2.37. The van der Waals surface area contributed by atoms with Crippen LogP contribution >= 0.6 is 11.5 Å². The van der Waals surface area contributed by atoms with Crippen molar-refractivity contribution in [3.05, 3.63) is 29.3 Å². The van der Waals surface area contributed by atoms with E-state index in [4.69, 9.17) is 0 Å². The number of likely N-dealkylation sites (tertiary alicyclic amines) is 1. The Morgan fingerprint density at radius 3 is 2.67 bits per heavy atom. The number of carbonyl (C=O) groups excluding carboxylic acids is 2. The zero-order valence-electron chi connectivity index (χ0n) is 13.8. The van der Waals surface area contributed by atoms with Gasteiger partial charge < -0.3 is 10.2 Å². The molecule has 1 N–H and O–H groups in total. The van der Waals surface area contributed by atoms with Crippen molar-refractivity contribution in [1.29, 1.82) is 0 Å². The molecule has 6 nitrogen and oxygen atoms in total. The van der Waals surface area contributed by atoms with E-state index in [1.165, 1.54) is 6.92 Å². The highest BCUT2D eigenvalue weighted by Gasteiger charge is 2.28. The molecule has 0 radical (unpaired) electrons. The number of rotatable bonds is 3. The predicted molar refractivity (Wildman–Crippen MR) is 94.0 cm³/mol. The molecule has 2 aromatic rings. The van der Waals surface area contributed by atoms with Crippen LogP contribution in [0.25, 0.3) is 11.4 Å². The molecule has 0 aromatic carbocycles. The highest BCUT2D eigenvalue weighted by atomic mass is 32.1. The number of hydrogen-bond acceptors (Lipinski definition) is 5. The summed E-state index contributed by atoms with van der Waals surface area (Å²) in [5.41, 5.74) is 1.66. The Balaban J connectivity index is 1.94. The number of pyridine rings is 1. The molecule has 0 saturated carbocycles. The molecule has 7 heteroatoms. The van der Waals surface area contributed by atoms with Crippen molar-refractivity contribution in [3.8, 4) is 11.4 Å². The van der Waals surface area contributed by atoms with Crippen LogP contribution in [0.1, 0.15) is 36.4 Å². The summed E-state index contributed by atoms with van der Waals surface area (Å²) in [6.07, 6.45) is 3.68. The summed E-state index contributed by atoms with van der Waals surface area (Å²) in [6.45, 7) is 5.12. The number of amides is 2. The van der Waals surface area contributed by atoms with Gasteiger partial charge in [0.15, 0.2) is 0 Å². The van der Waals surface area contributed by atoms with Gasteiger partial charge in [-0.2, -0.15) is 4.37 Å². The average Bonchev–Trinajstić information content (AvgIpc) is 2.98. The number of piperidine rings is 1. The Bertz CT molecular complexity index is 736. The van der Waals surface area contributed by atoms with Crippen LogP contribution in [0.4, 0.5) is 5.69 Å². The van der Waals surface area contributed by atoms with Crippen molar-refractivity contribution < 1.29 is 9.59 Å². The zero-order valence-corrected chi connectivity index (χ0v) is 14.6. The summed E-state index contributed by atoms with van der Waals surface area (Å²) >= 11 is 1.12. The van der Waals surface area contributed by atoms with Crippen molar-refractivity contribution in [3.63, 3.8) is 0 Å². The van der Waals surface area contributed by atoms with E-state index in [1.54, 1.807) is 6.20 Å². The second-order valence-electron chi connectivity index (χ2n) is 6.11. The lowest BCUT2D eigenvalue weighted by atomic mass is 9.99. The van der Waals surface area contributed by atoms with Crippen LogP contribution in [0.15, 0.2) is 24.4 Å². The van der Waals surface area contributed by atoms with E-state index in [0.717, 1.165) is 37.5 Å². The molecule has 0 spiro atoms. The molecule has 2 amide bonds. The van der Waals surface area contributed by atoms with Crippen molar-refractivity contribution >= 4 is 29.0 Å². The molecule has 1 aliphatic rings. The average molecular weight is 344 g/mol. The monoisotopic (exact) mass is 344 g/mol. The molecule has 126 valence electrons. The number of carbonyl (C=O) groups is 2. The lowest BCUT2D eigenvalue weighted by molar-refractivity contribution is -0.114. The molecule has 0 unspecified atom stereocenters. The first-order valence-corrected chi connectivity index (χ1v) is 8.81. The molecule has 3 rings (SSSR count). The summed E-state index contributed by atoms with van der Waals surface area (Å²) in [6, 6.07) is 5.48. The maximum Gasteiger partial charge on any atom is 0.267 e. The fourth-order valence-corrected chi connectivity index (χ4v) is 3.57. The molecule has 1 aliphatic heterocycles. The smallest absolute Gasteiger partial charge is 0.267 e. The number of hydrogen-bond donors (Lipinski definition) is 1. The van der Waals surface area contributed by atoms with Crippen LogP contribution in [0.3, 0.4) is 0 Å². The Morgan fingerprint density at radius 2 is 2.04 bits per heavy atom. The highest BCUT2D eigenvalue weighted by Crippen LogP contribution is 2.34. The maximum atomic E-state index is 12.9. The third-order valence-corrected chi connectivity index (χ3v) is 5.00. The molecule has 3 heterocycles. The third kappa shape index (κ3) is 3.46. The minimum atomic E-state index is -0.228. The number of nitrogens with one attached hydrogen (secondary N) is 1. The second-order valence-corrected chi connectivity index (χ2v) is 6.88. The maximum absolute atomic E-state index is 12.9. The Labute approximate surface area is 145 Å². The normalized spacial score (nSPS) is 15.3. The van der Waals surface area contributed by atoms with E-state index in [-0.39, 0.29) is 11.8 Å². The molecule has 0 bridgehead atoms. The van der Waals surface area contributed by atoms with E-state index >= 15 is 0 Å². The number of anilines is 1. The summed E-state index contributed by atoms with van der Waals surface area (Å²) in [5.74, 6) is 0.355. The van der Waals surface area contributed by atoms with Crippen molar-refractivity contribution in [2.24, 2.45) is 5.92 Å². The minimum Gasteiger partial charge on any atom is -0.338 e. The molecule has 1 fully saturated rings. The van der Waals surface area contributed by atoms with E-state index in [2.05, 4.69) is 21.6 Å². The van der Waals surface area contributed by atoms with Gasteiger partial charge in [-0.3, -0.25) is 14.6 Å². The molecular formula is C17H20N4O2S. The topological polar surface area (TPSA) is 75.2 Å². The summed E-state index contributed by atoms with van der Waals surface area (Å²) < 4.78 is 4.39. The predicted octanol–water partition coefficient (Wildman–Crippen LogP) is 3.04. The fraction of sp³-hybridized carbons (Fsp3) is 0.412. The first-order valence-electron chi connectivity index (χ1n) is 8.04. The van der Waals surface area contributed by atoms with Gasteiger partial charge in [0.25, 0.3) is 5.91 Å². The molecule has 0 atom stereocenters. The van der Waals surface area contributed by atoms with Crippen LogP contribution < -0.4 is 5.32 Å². The highest BCUT2D eigenvalue weighted by molar-refractivity contribution is 7.09. The first-order chi connectivity index (χ1) is 11.6. The van der Waals surface area contributed by atoms with Crippen LogP contribution in [0.2, 0.25) is 0 Å². The van der Waals surface area contributed by atoms with Gasteiger partial charge in [0.05, 0.1) is 11.4 Å². The number of nitrogens with zero attached hydrogens (tertiary/aromatic N) is 3.